The summed E-state index contributed by atoms with van der Waals surface area (Å²) >= 11 is 0. The summed E-state index contributed by atoms with van der Waals surface area (Å²) in [6, 6.07) is 15.2. The number of benzene rings is 2. The molecule has 2 aromatic carbocycles. The number of nitrogens with one attached hydrogen (secondary N) is 1. The first-order valence-electron chi connectivity index (χ1n) is 6.80. The lowest BCUT2D eigenvalue weighted by Crippen LogP contribution is -2.44. The molecular weight excluding hydrogens is 268 g/mol. The molecule has 0 saturated carbocycles. The van der Waals surface area contributed by atoms with Crippen LogP contribution in [-0.2, 0) is 0 Å². The molecule has 0 aliphatic carbocycles. The van der Waals surface area contributed by atoms with Crippen LogP contribution in [-0.4, -0.2) is 19.8 Å². The monoisotopic (exact) mass is 286 g/mol. The van der Waals surface area contributed by atoms with Crippen molar-refractivity contribution in [2.75, 3.05) is 13.7 Å². The molecule has 0 fully saturated rings. The van der Waals surface area contributed by atoms with Crippen molar-refractivity contribution in [3.05, 3.63) is 54.1 Å². The van der Waals surface area contributed by atoms with Gasteiger partial charge in [-0.2, -0.15) is 0 Å². The third-order valence-corrected chi connectivity index (χ3v) is 3.53. The third kappa shape index (κ3) is 2.79. The Kier molecular flexibility index (Phi) is 3.94. The van der Waals surface area contributed by atoms with Gasteiger partial charge in [-0.1, -0.05) is 24.3 Å². The summed E-state index contributed by atoms with van der Waals surface area (Å²) in [6.07, 6.45) is -0.211. The van der Waals surface area contributed by atoms with Crippen molar-refractivity contribution in [3.8, 4) is 17.2 Å². The molecule has 0 radical (unpaired) electrons. The molecule has 3 N–H and O–H groups in total. The molecule has 0 bridgehead atoms. The zero-order valence-electron chi connectivity index (χ0n) is 11.8. The second-order valence-electron chi connectivity index (χ2n) is 4.83. The van der Waals surface area contributed by atoms with E-state index in [0.717, 1.165) is 22.8 Å². The van der Waals surface area contributed by atoms with Crippen molar-refractivity contribution < 1.29 is 14.2 Å². The van der Waals surface area contributed by atoms with Gasteiger partial charge in [0.25, 0.3) is 0 Å². The fraction of sp³-hybridized carbons (Fsp3) is 0.250. The van der Waals surface area contributed by atoms with Crippen molar-refractivity contribution in [2.24, 2.45) is 5.84 Å². The molecule has 2 unspecified atom stereocenters. The highest BCUT2D eigenvalue weighted by molar-refractivity contribution is 5.41. The van der Waals surface area contributed by atoms with Crippen LogP contribution in [0.5, 0.6) is 17.2 Å². The maximum Gasteiger partial charge on any atom is 0.161 e. The maximum absolute atomic E-state index is 6.00. The Bertz CT molecular complexity index is 618. The quantitative estimate of drug-likeness (QED) is 0.665. The van der Waals surface area contributed by atoms with Gasteiger partial charge < -0.3 is 14.2 Å². The minimum Gasteiger partial charge on any atom is -0.497 e. The summed E-state index contributed by atoms with van der Waals surface area (Å²) in [4.78, 5) is 0. The number of hydrogen-bond donors (Lipinski definition) is 2. The van der Waals surface area contributed by atoms with E-state index in [9.17, 15) is 0 Å². The van der Waals surface area contributed by atoms with E-state index in [-0.39, 0.29) is 12.1 Å². The summed E-state index contributed by atoms with van der Waals surface area (Å²) in [5, 5.41) is 0. The van der Waals surface area contributed by atoms with E-state index in [4.69, 9.17) is 20.1 Å². The predicted octanol–water partition coefficient (Wildman–Crippen LogP) is 2.04. The van der Waals surface area contributed by atoms with Crippen LogP contribution in [0, 0.1) is 0 Å². The highest BCUT2D eigenvalue weighted by Gasteiger charge is 2.29. The molecule has 5 heteroatoms. The van der Waals surface area contributed by atoms with Crippen LogP contribution in [0.25, 0.3) is 0 Å². The van der Waals surface area contributed by atoms with Gasteiger partial charge in [0, 0.05) is 0 Å². The summed E-state index contributed by atoms with van der Waals surface area (Å²) in [6.45, 7) is 0.434. The van der Waals surface area contributed by atoms with E-state index in [1.54, 1.807) is 7.11 Å². The van der Waals surface area contributed by atoms with E-state index in [2.05, 4.69) is 5.43 Å². The standard InChI is InChI=1S/C16H18N2O3/c1-19-12-6-4-5-11(9-12)16(18-17)15-10-20-13-7-2-3-8-14(13)21-15/h2-9,15-16,18H,10,17H2,1H3. The van der Waals surface area contributed by atoms with Gasteiger partial charge in [0.05, 0.1) is 13.2 Å². The second-order valence-corrected chi connectivity index (χ2v) is 4.83. The van der Waals surface area contributed by atoms with Gasteiger partial charge in [0.1, 0.15) is 12.4 Å². The zero-order chi connectivity index (χ0) is 14.7. The Morgan fingerprint density at radius 3 is 2.76 bits per heavy atom. The maximum atomic E-state index is 6.00. The van der Waals surface area contributed by atoms with Gasteiger partial charge in [-0.3, -0.25) is 5.84 Å². The number of rotatable bonds is 4. The van der Waals surface area contributed by atoms with E-state index in [0.29, 0.717) is 6.61 Å². The topological polar surface area (TPSA) is 65.7 Å². The molecule has 1 heterocycles. The van der Waals surface area contributed by atoms with Crippen LogP contribution < -0.4 is 25.5 Å². The lowest BCUT2D eigenvalue weighted by molar-refractivity contribution is 0.0616. The van der Waals surface area contributed by atoms with Crippen LogP contribution in [0.15, 0.2) is 48.5 Å². The van der Waals surface area contributed by atoms with Crippen LogP contribution in [0.2, 0.25) is 0 Å². The fourth-order valence-corrected chi connectivity index (χ4v) is 2.45. The van der Waals surface area contributed by atoms with Gasteiger partial charge in [-0.15, -0.1) is 0 Å². The molecular formula is C16H18N2O3. The lowest BCUT2D eigenvalue weighted by Gasteiger charge is -2.32. The smallest absolute Gasteiger partial charge is 0.161 e. The van der Waals surface area contributed by atoms with Crippen LogP contribution in [0.3, 0.4) is 0 Å². The molecule has 1 aliphatic heterocycles. The zero-order valence-corrected chi connectivity index (χ0v) is 11.8. The minimum atomic E-state index is -0.211. The van der Waals surface area contributed by atoms with Crippen molar-refractivity contribution in [2.45, 2.75) is 12.1 Å². The average molecular weight is 286 g/mol. The van der Waals surface area contributed by atoms with E-state index >= 15 is 0 Å². The summed E-state index contributed by atoms with van der Waals surface area (Å²) in [5.74, 6) is 8.00. The van der Waals surface area contributed by atoms with Gasteiger partial charge in [0.15, 0.2) is 17.6 Å². The Morgan fingerprint density at radius 2 is 2.00 bits per heavy atom. The van der Waals surface area contributed by atoms with Crippen molar-refractivity contribution >= 4 is 0 Å². The highest BCUT2D eigenvalue weighted by Crippen LogP contribution is 2.34. The Morgan fingerprint density at radius 1 is 1.19 bits per heavy atom. The minimum absolute atomic E-state index is 0.187. The van der Waals surface area contributed by atoms with Gasteiger partial charge in [0.2, 0.25) is 0 Å². The summed E-state index contributed by atoms with van der Waals surface area (Å²) < 4.78 is 17.0. The fourth-order valence-electron chi connectivity index (χ4n) is 2.45. The SMILES string of the molecule is COc1cccc(C(NN)C2COc3ccccc3O2)c1. The number of nitrogens with two attached hydrogens (primary N) is 1. The predicted molar refractivity (Wildman–Crippen MR) is 79.4 cm³/mol. The van der Waals surface area contributed by atoms with E-state index in [1.807, 2.05) is 48.5 Å². The molecule has 3 rings (SSSR count). The highest BCUT2D eigenvalue weighted by atomic mass is 16.6. The van der Waals surface area contributed by atoms with Crippen molar-refractivity contribution in [1.29, 1.82) is 0 Å². The molecule has 5 nitrogen and oxygen atoms in total. The number of hydrazine groups is 1. The number of hydrogen-bond acceptors (Lipinski definition) is 5. The molecule has 0 aromatic heterocycles. The molecule has 110 valence electrons. The Balaban J connectivity index is 1.84. The molecule has 2 atom stereocenters. The molecule has 2 aromatic rings. The molecule has 0 spiro atoms. The molecule has 21 heavy (non-hydrogen) atoms. The number of fused-ring (bicyclic) bond motifs is 1. The average Bonchev–Trinajstić information content (AvgIpc) is 2.56. The number of ether oxygens (including phenoxy) is 3. The second kappa shape index (κ2) is 6.03. The molecule has 0 amide bonds. The summed E-state index contributed by atoms with van der Waals surface area (Å²) in [5.41, 5.74) is 3.80. The van der Waals surface area contributed by atoms with Gasteiger partial charge in [-0.05, 0) is 29.8 Å². The van der Waals surface area contributed by atoms with Crippen LogP contribution in [0.4, 0.5) is 0 Å². The largest absolute Gasteiger partial charge is 0.497 e. The Labute approximate surface area is 123 Å². The number of methoxy groups -OCH3 is 1. The van der Waals surface area contributed by atoms with Gasteiger partial charge in [-0.25, -0.2) is 5.43 Å². The summed E-state index contributed by atoms with van der Waals surface area (Å²) in [7, 11) is 1.64. The number of para-hydroxylation sites is 2. The van der Waals surface area contributed by atoms with E-state index < -0.39 is 0 Å². The lowest BCUT2D eigenvalue weighted by atomic mass is 10.0. The third-order valence-electron chi connectivity index (χ3n) is 3.53. The normalized spacial score (nSPS) is 18.1. The first-order valence-corrected chi connectivity index (χ1v) is 6.80. The van der Waals surface area contributed by atoms with E-state index in [1.165, 1.54) is 0 Å². The Hall–Kier alpha value is -2.24. The molecule has 0 saturated heterocycles. The van der Waals surface area contributed by atoms with Crippen molar-refractivity contribution in [1.82, 2.24) is 5.43 Å². The van der Waals surface area contributed by atoms with Crippen molar-refractivity contribution in [3.63, 3.8) is 0 Å². The van der Waals surface area contributed by atoms with Gasteiger partial charge >= 0.3 is 0 Å². The van der Waals surface area contributed by atoms with Crippen LogP contribution >= 0.6 is 0 Å². The first-order chi connectivity index (χ1) is 10.3. The van der Waals surface area contributed by atoms with Crippen LogP contribution in [0.1, 0.15) is 11.6 Å². The molecule has 1 aliphatic rings. The first kappa shape index (κ1) is 13.7.